The molecule has 0 bridgehead atoms. The van der Waals surface area contributed by atoms with Gasteiger partial charge in [0.2, 0.25) is 0 Å². The molecule has 0 aliphatic rings. The molecule has 0 amide bonds. The van der Waals surface area contributed by atoms with Gasteiger partial charge in [0.05, 0.1) is 0 Å². The Morgan fingerprint density at radius 3 is 2.38 bits per heavy atom. The van der Waals surface area contributed by atoms with Crippen molar-refractivity contribution in [2.75, 3.05) is 0 Å². The molecule has 84 valence electrons. The zero-order valence-electron chi connectivity index (χ0n) is 8.98. The average molecular weight is 299 g/mol. The van der Waals surface area contributed by atoms with Crippen LogP contribution in [0, 0.1) is 0 Å². The Balaban J connectivity index is 2.11. The number of ether oxygens (including phenoxy) is 1. The van der Waals surface area contributed by atoms with Crippen LogP contribution in [0.1, 0.15) is 25.3 Å². The fraction of sp³-hybridized carbons (Fsp3) is 0.273. The molecule has 0 saturated carbocycles. The first-order valence-electron chi connectivity index (χ1n) is 4.92. The lowest BCUT2D eigenvalue weighted by Gasteiger charge is -2.06. The predicted octanol–water partition coefficient (Wildman–Crippen LogP) is 4.22. The summed E-state index contributed by atoms with van der Waals surface area (Å²) in [5.41, 5.74) is 1.30. The van der Waals surface area contributed by atoms with Crippen molar-refractivity contribution >= 4 is 27.3 Å². The number of hydrogen-bond donors (Lipinski definition) is 0. The van der Waals surface area contributed by atoms with Crippen LogP contribution in [0.25, 0.3) is 0 Å². The number of hydrogen-bond acceptors (Lipinski definition) is 4. The number of benzene rings is 1. The van der Waals surface area contributed by atoms with E-state index in [2.05, 4.69) is 52.1 Å². The molecule has 0 aliphatic carbocycles. The molecule has 0 unspecified atom stereocenters. The highest BCUT2D eigenvalue weighted by Gasteiger charge is 2.04. The Hall–Kier alpha value is -0.940. The van der Waals surface area contributed by atoms with Gasteiger partial charge in [0.15, 0.2) is 3.92 Å². The summed E-state index contributed by atoms with van der Waals surface area (Å²) in [7, 11) is 0. The summed E-state index contributed by atoms with van der Waals surface area (Å²) in [5.74, 6) is 1.32. The van der Waals surface area contributed by atoms with E-state index < -0.39 is 0 Å². The third-order valence-electron chi connectivity index (χ3n) is 2.13. The van der Waals surface area contributed by atoms with Crippen molar-refractivity contribution in [2.24, 2.45) is 0 Å². The smallest absolute Gasteiger partial charge is 0.300 e. The van der Waals surface area contributed by atoms with Crippen LogP contribution < -0.4 is 4.74 Å². The first kappa shape index (κ1) is 11.5. The summed E-state index contributed by atoms with van der Waals surface area (Å²) >= 11 is 4.61. The SMILES string of the molecule is CC(C)c1ccc(Oc2nnc(Br)s2)cc1. The van der Waals surface area contributed by atoms with Gasteiger partial charge < -0.3 is 4.74 Å². The molecule has 0 spiro atoms. The highest BCUT2D eigenvalue weighted by Crippen LogP contribution is 2.28. The van der Waals surface area contributed by atoms with Gasteiger partial charge in [-0.3, -0.25) is 0 Å². The maximum atomic E-state index is 5.55. The summed E-state index contributed by atoms with van der Waals surface area (Å²) in [5, 5.41) is 8.23. The third kappa shape index (κ3) is 2.80. The first-order chi connectivity index (χ1) is 7.65. The van der Waals surface area contributed by atoms with E-state index in [0.29, 0.717) is 11.1 Å². The van der Waals surface area contributed by atoms with Crippen molar-refractivity contribution in [1.82, 2.24) is 10.2 Å². The van der Waals surface area contributed by atoms with Gasteiger partial charge in [-0.2, -0.15) is 0 Å². The molecule has 1 aromatic heterocycles. The van der Waals surface area contributed by atoms with Gasteiger partial charge in [0, 0.05) is 0 Å². The molecule has 0 N–H and O–H groups in total. The monoisotopic (exact) mass is 298 g/mol. The fourth-order valence-electron chi connectivity index (χ4n) is 1.26. The summed E-state index contributed by atoms with van der Waals surface area (Å²) in [6.45, 7) is 4.33. The van der Waals surface area contributed by atoms with Crippen LogP contribution in [0.15, 0.2) is 28.2 Å². The highest BCUT2D eigenvalue weighted by atomic mass is 79.9. The summed E-state index contributed by atoms with van der Waals surface area (Å²) < 4.78 is 6.27. The second kappa shape index (κ2) is 4.93. The average Bonchev–Trinajstić information content (AvgIpc) is 2.65. The van der Waals surface area contributed by atoms with Gasteiger partial charge in [-0.15, -0.1) is 5.10 Å². The van der Waals surface area contributed by atoms with E-state index in [0.717, 1.165) is 9.67 Å². The zero-order valence-corrected chi connectivity index (χ0v) is 11.4. The van der Waals surface area contributed by atoms with Crippen LogP contribution in [0.2, 0.25) is 0 Å². The normalized spacial score (nSPS) is 10.8. The van der Waals surface area contributed by atoms with Crippen LogP contribution in [-0.2, 0) is 0 Å². The zero-order chi connectivity index (χ0) is 11.5. The standard InChI is InChI=1S/C11H11BrN2OS/c1-7(2)8-3-5-9(6-4-8)15-11-14-13-10(12)16-11/h3-7H,1-2H3. The minimum absolute atomic E-state index is 0.532. The minimum Gasteiger partial charge on any atom is -0.430 e. The second-order valence-electron chi connectivity index (χ2n) is 3.65. The fourth-order valence-corrected chi connectivity index (χ4v) is 2.20. The van der Waals surface area contributed by atoms with Crippen molar-refractivity contribution in [3.05, 3.63) is 33.7 Å². The van der Waals surface area contributed by atoms with Crippen molar-refractivity contribution in [2.45, 2.75) is 19.8 Å². The molecule has 5 heteroatoms. The molecule has 3 nitrogen and oxygen atoms in total. The van der Waals surface area contributed by atoms with Gasteiger partial charge in [0.1, 0.15) is 5.75 Å². The molecule has 0 radical (unpaired) electrons. The van der Waals surface area contributed by atoms with Crippen LogP contribution >= 0.6 is 27.3 Å². The lowest BCUT2D eigenvalue weighted by molar-refractivity contribution is 0.473. The summed E-state index contributed by atoms with van der Waals surface area (Å²) in [6.07, 6.45) is 0. The molecule has 0 atom stereocenters. The van der Waals surface area contributed by atoms with Gasteiger partial charge >= 0.3 is 0 Å². The molecule has 2 rings (SSSR count). The molecule has 16 heavy (non-hydrogen) atoms. The third-order valence-corrected chi connectivity index (χ3v) is 3.37. The Kier molecular flexibility index (Phi) is 3.56. The van der Waals surface area contributed by atoms with Gasteiger partial charge in [-0.25, -0.2) is 0 Å². The molecule has 1 aromatic carbocycles. The lowest BCUT2D eigenvalue weighted by Crippen LogP contribution is -1.88. The molecule has 2 aromatic rings. The van der Waals surface area contributed by atoms with Crippen LogP contribution in [0.3, 0.4) is 0 Å². The summed E-state index contributed by atoms with van der Waals surface area (Å²) in [6, 6.07) is 8.03. The van der Waals surface area contributed by atoms with Crippen molar-refractivity contribution < 1.29 is 4.74 Å². The summed E-state index contributed by atoms with van der Waals surface area (Å²) in [4.78, 5) is 0. The Morgan fingerprint density at radius 2 is 1.88 bits per heavy atom. The van der Waals surface area contributed by atoms with Gasteiger partial charge in [-0.1, -0.05) is 31.1 Å². The number of rotatable bonds is 3. The Morgan fingerprint density at radius 1 is 1.19 bits per heavy atom. The maximum absolute atomic E-state index is 5.55. The molecule has 1 heterocycles. The van der Waals surface area contributed by atoms with E-state index >= 15 is 0 Å². The minimum atomic E-state index is 0.532. The first-order valence-corrected chi connectivity index (χ1v) is 6.53. The molecule has 0 aliphatic heterocycles. The van der Waals surface area contributed by atoms with E-state index in [1.165, 1.54) is 16.9 Å². The predicted molar refractivity (Wildman–Crippen MR) is 68.2 cm³/mol. The van der Waals surface area contributed by atoms with E-state index in [1.54, 1.807) is 0 Å². The van der Waals surface area contributed by atoms with E-state index in [4.69, 9.17) is 4.74 Å². The number of nitrogens with zero attached hydrogens (tertiary/aromatic N) is 2. The Labute approximate surface area is 107 Å². The van der Waals surface area contributed by atoms with Crippen molar-refractivity contribution in [1.29, 1.82) is 0 Å². The molecular weight excluding hydrogens is 288 g/mol. The largest absolute Gasteiger partial charge is 0.430 e. The quantitative estimate of drug-likeness (QED) is 0.851. The van der Waals surface area contributed by atoms with Gasteiger partial charge in [-0.05, 0) is 50.9 Å². The molecule has 0 saturated heterocycles. The van der Waals surface area contributed by atoms with E-state index in [-0.39, 0.29) is 0 Å². The number of halogens is 1. The lowest BCUT2D eigenvalue weighted by atomic mass is 10.0. The second-order valence-corrected chi connectivity index (χ2v) is 5.86. The Bertz CT molecular complexity index is 467. The van der Waals surface area contributed by atoms with Gasteiger partial charge in [0.25, 0.3) is 5.19 Å². The van der Waals surface area contributed by atoms with E-state index in [9.17, 15) is 0 Å². The van der Waals surface area contributed by atoms with Crippen molar-refractivity contribution in [3.8, 4) is 10.9 Å². The molecular formula is C11H11BrN2OS. The number of aromatic nitrogens is 2. The van der Waals surface area contributed by atoms with E-state index in [1.807, 2.05) is 12.1 Å². The molecule has 0 fully saturated rings. The maximum Gasteiger partial charge on any atom is 0.300 e. The topological polar surface area (TPSA) is 35.0 Å². The van der Waals surface area contributed by atoms with Crippen LogP contribution in [-0.4, -0.2) is 10.2 Å². The highest BCUT2D eigenvalue weighted by molar-refractivity contribution is 9.11. The van der Waals surface area contributed by atoms with Crippen LogP contribution in [0.4, 0.5) is 0 Å². The van der Waals surface area contributed by atoms with Crippen molar-refractivity contribution in [3.63, 3.8) is 0 Å². The van der Waals surface area contributed by atoms with Crippen LogP contribution in [0.5, 0.6) is 10.9 Å².